The Morgan fingerprint density at radius 2 is 2.13 bits per heavy atom. The maximum atomic E-state index is 5.84. The molecule has 2 heterocycles. The molecular weight excluding hydrogens is 196 g/mol. The second-order valence-corrected chi connectivity index (χ2v) is 2.93. The highest BCUT2D eigenvalue weighted by atomic mass is 15.2. The molecule has 78 valence electrons. The van der Waals surface area contributed by atoms with E-state index in [0.29, 0.717) is 22.3 Å². The number of aromatic amines is 1. The van der Waals surface area contributed by atoms with E-state index >= 15 is 0 Å². The number of nitrogens with one attached hydrogen (secondary N) is 1. The molecular formula is C7H10N8. The third-order valence-corrected chi connectivity index (χ3v) is 2.06. The minimum atomic E-state index is 0.0422. The molecule has 9 N–H and O–H groups in total. The molecule has 0 bridgehead atoms. The molecule has 0 aliphatic rings. The van der Waals surface area contributed by atoms with Crippen molar-refractivity contribution in [1.29, 1.82) is 0 Å². The van der Waals surface area contributed by atoms with E-state index in [1.807, 2.05) is 0 Å². The number of pyridine rings is 1. The summed E-state index contributed by atoms with van der Waals surface area (Å²) in [4.78, 5) is 4.03. The maximum Gasteiger partial charge on any atom is 0.159 e. The Bertz CT molecular complexity index is 539. The fraction of sp³-hybridized carbons (Fsp3) is 0. The molecule has 2 aromatic rings. The van der Waals surface area contributed by atoms with Gasteiger partial charge in [0.15, 0.2) is 11.5 Å². The predicted octanol–water partition coefficient (Wildman–Crippen LogP) is -1.30. The van der Waals surface area contributed by atoms with Gasteiger partial charge in [-0.15, -0.1) is 0 Å². The number of anilines is 2. The Morgan fingerprint density at radius 3 is 2.80 bits per heavy atom. The zero-order chi connectivity index (χ0) is 11.0. The summed E-state index contributed by atoms with van der Waals surface area (Å²) < 4.78 is 0. The Morgan fingerprint density at radius 1 is 1.40 bits per heavy atom. The summed E-state index contributed by atoms with van der Waals surface area (Å²) in [7, 11) is 0. The number of hydrogen-bond donors (Lipinski definition) is 5. The van der Waals surface area contributed by atoms with E-state index < -0.39 is 0 Å². The third kappa shape index (κ3) is 1.19. The normalized spacial score (nSPS) is 12.1. The quantitative estimate of drug-likeness (QED) is 0.169. The molecule has 15 heavy (non-hydrogen) atoms. The smallest absolute Gasteiger partial charge is 0.159 e. The summed E-state index contributed by atoms with van der Waals surface area (Å²) in [6, 6.07) is 0. The van der Waals surface area contributed by atoms with Gasteiger partial charge in [-0.1, -0.05) is 0 Å². The van der Waals surface area contributed by atoms with E-state index in [4.69, 9.17) is 23.0 Å². The summed E-state index contributed by atoms with van der Waals surface area (Å²) in [6.45, 7) is 0. The molecule has 0 saturated carbocycles. The van der Waals surface area contributed by atoms with Crippen molar-refractivity contribution in [3.05, 3.63) is 11.8 Å². The fourth-order valence-corrected chi connectivity index (χ4v) is 1.34. The average molecular weight is 206 g/mol. The van der Waals surface area contributed by atoms with Gasteiger partial charge in [0.1, 0.15) is 5.82 Å². The van der Waals surface area contributed by atoms with Crippen LogP contribution in [-0.2, 0) is 0 Å². The molecule has 0 radical (unpaired) electrons. The van der Waals surface area contributed by atoms with Gasteiger partial charge in [-0.05, 0) is 0 Å². The summed E-state index contributed by atoms with van der Waals surface area (Å²) >= 11 is 0. The lowest BCUT2D eigenvalue weighted by Crippen LogP contribution is -2.20. The van der Waals surface area contributed by atoms with Crippen LogP contribution >= 0.6 is 0 Å². The number of aromatic nitrogens is 3. The van der Waals surface area contributed by atoms with Crippen LogP contribution in [-0.4, -0.2) is 21.0 Å². The number of hydrogen-bond acceptors (Lipinski definition) is 6. The van der Waals surface area contributed by atoms with Gasteiger partial charge in [0.05, 0.1) is 22.8 Å². The molecule has 8 heteroatoms. The van der Waals surface area contributed by atoms with Gasteiger partial charge in [-0.3, -0.25) is 5.10 Å². The summed E-state index contributed by atoms with van der Waals surface area (Å²) in [5.74, 6) is 5.27. The van der Waals surface area contributed by atoms with E-state index in [2.05, 4.69) is 20.3 Å². The second kappa shape index (κ2) is 3.01. The van der Waals surface area contributed by atoms with Gasteiger partial charge < -0.3 is 23.0 Å². The van der Waals surface area contributed by atoms with Gasteiger partial charge in [0, 0.05) is 0 Å². The molecule has 0 amide bonds. The van der Waals surface area contributed by atoms with Crippen molar-refractivity contribution in [2.45, 2.75) is 0 Å². The Kier molecular flexibility index (Phi) is 1.82. The van der Waals surface area contributed by atoms with Crippen LogP contribution in [0.15, 0.2) is 11.3 Å². The molecule has 0 aliphatic heterocycles. The van der Waals surface area contributed by atoms with Crippen molar-refractivity contribution >= 4 is 28.4 Å². The lowest BCUT2D eigenvalue weighted by atomic mass is 10.1. The van der Waals surface area contributed by atoms with Crippen LogP contribution in [0.4, 0.5) is 11.5 Å². The van der Waals surface area contributed by atoms with Crippen LogP contribution in [0.1, 0.15) is 5.56 Å². The van der Waals surface area contributed by atoms with Crippen LogP contribution < -0.4 is 23.0 Å². The number of fused-ring (bicyclic) bond motifs is 1. The zero-order valence-corrected chi connectivity index (χ0v) is 7.73. The minimum Gasteiger partial charge on any atom is -0.397 e. The lowest BCUT2D eigenvalue weighted by molar-refractivity contribution is 1.10. The number of nitrogens with two attached hydrogens (primary N) is 4. The number of H-pyrrole nitrogens is 1. The highest BCUT2D eigenvalue weighted by molar-refractivity contribution is 6.11. The highest BCUT2D eigenvalue weighted by Crippen LogP contribution is 2.25. The molecule has 0 spiro atoms. The van der Waals surface area contributed by atoms with Crippen molar-refractivity contribution in [3.8, 4) is 0 Å². The van der Waals surface area contributed by atoms with Crippen molar-refractivity contribution in [3.63, 3.8) is 0 Å². The first-order valence-electron chi connectivity index (χ1n) is 4.07. The number of rotatable bonds is 1. The minimum absolute atomic E-state index is 0.0422. The van der Waals surface area contributed by atoms with Crippen LogP contribution in [0.2, 0.25) is 0 Å². The first kappa shape index (κ1) is 9.06. The molecule has 0 atom stereocenters. The Balaban J connectivity index is 2.84. The molecule has 0 aromatic carbocycles. The van der Waals surface area contributed by atoms with Gasteiger partial charge in [0.2, 0.25) is 0 Å². The predicted molar refractivity (Wildman–Crippen MR) is 57.6 cm³/mol. The third-order valence-electron chi connectivity index (χ3n) is 2.06. The zero-order valence-electron chi connectivity index (χ0n) is 7.73. The van der Waals surface area contributed by atoms with E-state index in [1.165, 1.54) is 6.20 Å². The number of hydrazone groups is 1. The topological polar surface area (TPSA) is 158 Å². The maximum absolute atomic E-state index is 5.84. The molecule has 0 fully saturated rings. The van der Waals surface area contributed by atoms with Gasteiger partial charge in [-0.2, -0.15) is 10.2 Å². The highest BCUT2D eigenvalue weighted by Gasteiger charge is 2.14. The molecule has 2 rings (SSSR count). The second-order valence-electron chi connectivity index (χ2n) is 2.93. The van der Waals surface area contributed by atoms with Gasteiger partial charge in [0.25, 0.3) is 0 Å². The molecule has 0 saturated heterocycles. The van der Waals surface area contributed by atoms with Gasteiger partial charge >= 0.3 is 0 Å². The van der Waals surface area contributed by atoms with E-state index in [1.54, 1.807) is 0 Å². The van der Waals surface area contributed by atoms with Crippen molar-refractivity contribution < 1.29 is 0 Å². The van der Waals surface area contributed by atoms with Crippen LogP contribution in [0.5, 0.6) is 0 Å². The molecule has 8 nitrogen and oxygen atoms in total. The largest absolute Gasteiger partial charge is 0.397 e. The SMILES string of the molecule is NN=C(N)c1c(N)nc2[nH]ncc2c1N. The molecule has 0 aliphatic carbocycles. The monoisotopic (exact) mass is 206 g/mol. The summed E-state index contributed by atoms with van der Waals surface area (Å²) in [5.41, 5.74) is 18.3. The fourth-order valence-electron chi connectivity index (χ4n) is 1.34. The van der Waals surface area contributed by atoms with Crippen molar-refractivity contribution in [2.75, 3.05) is 11.5 Å². The lowest BCUT2D eigenvalue weighted by Gasteiger charge is -2.07. The van der Waals surface area contributed by atoms with E-state index in [9.17, 15) is 0 Å². The van der Waals surface area contributed by atoms with Crippen molar-refractivity contribution in [2.24, 2.45) is 16.7 Å². The summed E-state index contributed by atoms with van der Waals surface area (Å²) in [5, 5.41) is 10.4. The van der Waals surface area contributed by atoms with Gasteiger partial charge in [-0.25, -0.2) is 4.98 Å². The van der Waals surface area contributed by atoms with Crippen molar-refractivity contribution in [1.82, 2.24) is 15.2 Å². The van der Waals surface area contributed by atoms with E-state index in [-0.39, 0.29) is 11.7 Å². The van der Waals surface area contributed by atoms with Crippen LogP contribution in [0.3, 0.4) is 0 Å². The number of nitrogen functional groups attached to an aromatic ring is 2. The number of amidine groups is 1. The summed E-state index contributed by atoms with van der Waals surface area (Å²) in [6.07, 6.45) is 1.53. The first-order chi connectivity index (χ1) is 7.15. The Hall–Kier alpha value is -2.51. The number of nitrogens with zero attached hydrogens (tertiary/aromatic N) is 3. The Labute approximate surface area is 84.3 Å². The first-order valence-corrected chi connectivity index (χ1v) is 4.07. The molecule has 0 unspecified atom stereocenters. The van der Waals surface area contributed by atoms with Crippen LogP contribution in [0.25, 0.3) is 11.0 Å². The van der Waals surface area contributed by atoms with E-state index in [0.717, 1.165) is 0 Å². The average Bonchev–Trinajstić information content (AvgIpc) is 2.65. The standard InChI is InChI=1S/C7H10N8/c8-4-2-1-12-15-7(2)13-5(9)3(4)6(10)14-11/h1H,11H2,(H2,10,14)(H5,8,9,12,13,15). The van der Waals surface area contributed by atoms with Crippen LogP contribution in [0, 0.1) is 0 Å². The molecule has 2 aromatic heterocycles.